The Labute approximate surface area is 113 Å². The molecule has 0 aliphatic rings. The summed E-state index contributed by atoms with van der Waals surface area (Å²) in [5.74, 6) is 0. The third kappa shape index (κ3) is 2.27. The molecule has 3 aromatic rings. The fraction of sp³-hybridized carbons (Fsp3) is 0.0833. The minimum absolute atomic E-state index is 0.635. The summed E-state index contributed by atoms with van der Waals surface area (Å²) in [7, 11) is 0. The van der Waals surface area contributed by atoms with Crippen molar-refractivity contribution in [2.45, 2.75) is 6.54 Å². The Kier molecular flexibility index (Phi) is 3.08. The second-order valence-electron chi connectivity index (χ2n) is 3.79. The van der Waals surface area contributed by atoms with E-state index in [2.05, 4.69) is 19.0 Å². The molecule has 0 atom stereocenters. The first kappa shape index (κ1) is 11.4. The molecule has 1 aromatic carbocycles. The van der Waals surface area contributed by atoms with Crippen molar-refractivity contribution in [2.75, 3.05) is 5.32 Å². The monoisotopic (exact) mass is 276 g/mol. The standard InChI is InChI=1S/C12H9ClN4S/c13-10-3-4-14-6-8(10)7-15-9-1-2-11-12(5-9)17-18-16-11/h1-6,15H,7H2. The molecule has 6 heteroatoms. The normalized spacial score (nSPS) is 10.7. The van der Waals surface area contributed by atoms with Crippen molar-refractivity contribution >= 4 is 40.0 Å². The van der Waals surface area contributed by atoms with Gasteiger partial charge < -0.3 is 5.32 Å². The van der Waals surface area contributed by atoms with E-state index in [1.165, 1.54) is 11.7 Å². The largest absolute Gasteiger partial charge is 0.381 e. The number of hydrogen-bond acceptors (Lipinski definition) is 5. The van der Waals surface area contributed by atoms with Gasteiger partial charge >= 0.3 is 0 Å². The van der Waals surface area contributed by atoms with E-state index >= 15 is 0 Å². The van der Waals surface area contributed by atoms with Gasteiger partial charge in [-0.2, -0.15) is 8.75 Å². The average Bonchev–Trinajstić information content (AvgIpc) is 2.85. The summed E-state index contributed by atoms with van der Waals surface area (Å²) in [6, 6.07) is 7.69. The fourth-order valence-corrected chi connectivity index (χ4v) is 2.32. The van der Waals surface area contributed by atoms with Crippen LogP contribution in [-0.2, 0) is 6.54 Å². The van der Waals surface area contributed by atoms with Crippen LogP contribution in [-0.4, -0.2) is 13.7 Å². The molecule has 0 bridgehead atoms. The number of fused-ring (bicyclic) bond motifs is 1. The lowest BCUT2D eigenvalue weighted by atomic mass is 10.2. The van der Waals surface area contributed by atoms with Crippen LogP contribution in [0.4, 0.5) is 5.69 Å². The Morgan fingerprint density at radius 1 is 1.17 bits per heavy atom. The predicted octanol–water partition coefficient (Wildman–Crippen LogP) is 3.35. The third-order valence-corrected chi connectivity index (χ3v) is 3.51. The van der Waals surface area contributed by atoms with E-state index in [1.807, 2.05) is 18.2 Å². The molecule has 3 rings (SSSR count). The molecule has 0 amide bonds. The van der Waals surface area contributed by atoms with Gasteiger partial charge in [0.05, 0.1) is 11.7 Å². The summed E-state index contributed by atoms with van der Waals surface area (Å²) >= 11 is 7.29. The van der Waals surface area contributed by atoms with Gasteiger partial charge in [-0.25, -0.2) is 0 Å². The molecule has 4 nitrogen and oxygen atoms in total. The van der Waals surface area contributed by atoms with Crippen LogP contribution in [0.25, 0.3) is 11.0 Å². The Morgan fingerprint density at radius 3 is 2.94 bits per heavy atom. The van der Waals surface area contributed by atoms with E-state index in [9.17, 15) is 0 Å². The molecule has 2 heterocycles. The van der Waals surface area contributed by atoms with Crippen molar-refractivity contribution in [2.24, 2.45) is 0 Å². The van der Waals surface area contributed by atoms with Crippen molar-refractivity contribution in [1.82, 2.24) is 13.7 Å². The van der Waals surface area contributed by atoms with E-state index < -0.39 is 0 Å². The summed E-state index contributed by atoms with van der Waals surface area (Å²) in [6.07, 6.45) is 3.44. The number of anilines is 1. The van der Waals surface area contributed by atoms with Crippen LogP contribution >= 0.6 is 23.3 Å². The molecule has 90 valence electrons. The first-order chi connectivity index (χ1) is 8.83. The van der Waals surface area contributed by atoms with Crippen LogP contribution in [0.1, 0.15) is 5.56 Å². The topological polar surface area (TPSA) is 50.7 Å². The third-order valence-electron chi connectivity index (χ3n) is 2.58. The fourth-order valence-electron chi connectivity index (χ4n) is 1.63. The highest BCUT2D eigenvalue weighted by Crippen LogP contribution is 2.19. The van der Waals surface area contributed by atoms with E-state index in [-0.39, 0.29) is 0 Å². The number of nitrogens with one attached hydrogen (secondary N) is 1. The second-order valence-corrected chi connectivity index (χ2v) is 4.72. The maximum Gasteiger partial charge on any atom is 0.106 e. The van der Waals surface area contributed by atoms with Gasteiger partial charge in [-0.15, -0.1) is 0 Å². The number of pyridine rings is 1. The molecule has 0 saturated heterocycles. The van der Waals surface area contributed by atoms with Crippen molar-refractivity contribution in [3.63, 3.8) is 0 Å². The molecule has 0 aliphatic heterocycles. The molecule has 0 fully saturated rings. The van der Waals surface area contributed by atoms with Gasteiger partial charge in [0.15, 0.2) is 0 Å². The van der Waals surface area contributed by atoms with E-state index in [0.717, 1.165) is 22.3 Å². The average molecular weight is 277 g/mol. The first-order valence-corrected chi connectivity index (χ1v) is 6.48. The van der Waals surface area contributed by atoms with Crippen LogP contribution in [0.2, 0.25) is 5.02 Å². The SMILES string of the molecule is Clc1ccncc1CNc1ccc2nsnc2c1. The predicted molar refractivity (Wildman–Crippen MR) is 74.0 cm³/mol. The van der Waals surface area contributed by atoms with Gasteiger partial charge in [0.1, 0.15) is 11.0 Å². The highest BCUT2D eigenvalue weighted by atomic mass is 35.5. The van der Waals surface area contributed by atoms with Gasteiger partial charge in [-0.1, -0.05) is 11.6 Å². The summed E-state index contributed by atoms with van der Waals surface area (Å²) in [5, 5.41) is 4.01. The minimum Gasteiger partial charge on any atom is -0.381 e. The highest BCUT2D eigenvalue weighted by Gasteiger charge is 2.02. The molecule has 1 N–H and O–H groups in total. The Hall–Kier alpha value is -1.72. The lowest BCUT2D eigenvalue weighted by Crippen LogP contribution is -2.00. The van der Waals surface area contributed by atoms with Crippen molar-refractivity contribution in [3.8, 4) is 0 Å². The maximum atomic E-state index is 6.07. The zero-order chi connectivity index (χ0) is 12.4. The van der Waals surface area contributed by atoms with Crippen LogP contribution in [0.15, 0.2) is 36.7 Å². The van der Waals surface area contributed by atoms with Gasteiger partial charge in [0, 0.05) is 35.2 Å². The molecule has 2 aromatic heterocycles. The minimum atomic E-state index is 0.635. The zero-order valence-corrected chi connectivity index (χ0v) is 10.9. The smallest absolute Gasteiger partial charge is 0.106 e. The summed E-state index contributed by atoms with van der Waals surface area (Å²) in [4.78, 5) is 4.05. The van der Waals surface area contributed by atoms with Gasteiger partial charge in [-0.3, -0.25) is 4.98 Å². The highest BCUT2D eigenvalue weighted by molar-refractivity contribution is 7.00. The number of benzene rings is 1. The van der Waals surface area contributed by atoms with Crippen molar-refractivity contribution in [1.29, 1.82) is 0 Å². The van der Waals surface area contributed by atoms with E-state index in [1.54, 1.807) is 18.5 Å². The molecule has 0 radical (unpaired) electrons. The number of halogens is 1. The molecular weight excluding hydrogens is 268 g/mol. The van der Waals surface area contributed by atoms with Crippen LogP contribution in [0.3, 0.4) is 0 Å². The number of nitrogens with zero attached hydrogens (tertiary/aromatic N) is 3. The quantitative estimate of drug-likeness (QED) is 0.797. The number of hydrogen-bond donors (Lipinski definition) is 1. The first-order valence-electron chi connectivity index (χ1n) is 5.37. The Balaban J connectivity index is 1.78. The van der Waals surface area contributed by atoms with Gasteiger partial charge in [0.2, 0.25) is 0 Å². The number of rotatable bonds is 3. The van der Waals surface area contributed by atoms with Gasteiger partial charge in [-0.05, 0) is 24.3 Å². The van der Waals surface area contributed by atoms with E-state index in [4.69, 9.17) is 11.6 Å². The summed E-state index contributed by atoms with van der Waals surface area (Å²) in [5.41, 5.74) is 3.79. The van der Waals surface area contributed by atoms with E-state index in [0.29, 0.717) is 11.6 Å². The molecule has 18 heavy (non-hydrogen) atoms. The van der Waals surface area contributed by atoms with Gasteiger partial charge in [0.25, 0.3) is 0 Å². The van der Waals surface area contributed by atoms with Crippen LogP contribution < -0.4 is 5.32 Å². The lowest BCUT2D eigenvalue weighted by molar-refractivity contribution is 1.11. The Bertz CT molecular complexity index is 682. The number of aromatic nitrogens is 3. The molecule has 0 unspecified atom stereocenters. The zero-order valence-electron chi connectivity index (χ0n) is 9.30. The molecule has 0 spiro atoms. The maximum absolute atomic E-state index is 6.07. The summed E-state index contributed by atoms with van der Waals surface area (Å²) in [6.45, 7) is 0.635. The van der Waals surface area contributed by atoms with Crippen LogP contribution in [0, 0.1) is 0 Å². The summed E-state index contributed by atoms with van der Waals surface area (Å²) < 4.78 is 8.37. The van der Waals surface area contributed by atoms with Crippen LogP contribution in [0.5, 0.6) is 0 Å². The van der Waals surface area contributed by atoms with Crippen molar-refractivity contribution < 1.29 is 0 Å². The Morgan fingerprint density at radius 2 is 2.06 bits per heavy atom. The second kappa shape index (κ2) is 4.88. The van der Waals surface area contributed by atoms with Crippen molar-refractivity contribution in [3.05, 3.63) is 47.2 Å². The molecule has 0 saturated carbocycles. The molecular formula is C12H9ClN4S. The molecule has 0 aliphatic carbocycles. The lowest BCUT2D eigenvalue weighted by Gasteiger charge is -2.07.